The average molecular weight is 314 g/mol. The van der Waals surface area contributed by atoms with Crippen molar-refractivity contribution < 1.29 is 19.2 Å². The molecule has 6 nitrogen and oxygen atoms in total. The summed E-state index contributed by atoms with van der Waals surface area (Å²) in [6, 6.07) is -0.831. The van der Waals surface area contributed by atoms with E-state index in [1.54, 1.807) is 0 Å². The van der Waals surface area contributed by atoms with Crippen molar-refractivity contribution in [1.82, 2.24) is 10.5 Å². The summed E-state index contributed by atoms with van der Waals surface area (Å²) in [6.45, 7) is 7.41. The Morgan fingerprint density at radius 2 is 2.10 bits per heavy atom. The number of carboxylic acid groups (broad SMARTS) is 1. The minimum atomic E-state index is -0.992. The lowest BCUT2D eigenvalue weighted by molar-refractivity contribution is -0.143. The fourth-order valence-electron chi connectivity index (χ4n) is 1.85. The van der Waals surface area contributed by atoms with Crippen molar-refractivity contribution in [1.29, 1.82) is 0 Å². The normalized spacial score (nSPS) is 13.7. The highest BCUT2D eigenvalue weighted by molar-refractivity contribution is 7.99. The van der Waals surface area contributed by atoms with Crippen LogP contribution in [0.15, 0.2) is 4.52 Å². The van der Waals surface area contributed by atoms with Gasteiger partial charge in [0, 0.05) is 11.3 Å². The molecule has 0 spiro atoms. The molecule has 1 aromatic rings. The molecule has 0 saturated carbocycles. The molecule has 7 heteroatoms. The summed E-state index contributed by atoms with van der Waals surface area (Å²) >= 11 is 1.42. The maximum absolute atomic E-state index is 11.8. The minimum Gasteiger partial charge on any atom is -0.480 e. The van der Waals surface area contributed by atoms with E-state index in [2.05, 4.69) is 10.5 Å². The first-order valence-electron chi connectivity index (χ1n) is 6.88. The molecule has 0 fully saturated rings. The van der Waals surface area contributed by atoms with E-state index in [-0.39, 0.29) is 17.6 Å². The molecule has 1 heterocycles. The first kappa shape index (κ1) is 17.6. The highest BCUT2D eigenvalue weighted by Crippen LogP contribution is 2.19. The predicted molar refractivity (Wildman–Crippen MR) is 81.2 cm³/mol. The molecule has 0 aromatic carbocycles. The van der Waals surface area contributed by atoms with Crippen LogP contribution in [0.5, 0.6) is 0 Å². The van der Waals surface area contributed by atoms with E-state index in [1.165, 1.54) is 11.8 Å². The van der Waals surface area contributed by atoms with Crippen molar-refractivity contribution >= 4 is 23.6 Å². The van der Waals surface area contributed by atoms with Crippen molar-refractivity contribution in [3.8, 4) is 0 Å². The van der Waals surface area contributed by atoms with Gasteiger partial charge in [-0.05, 0) is 19.8 Å². The lowest BCUT2D eigenvalue weighted by Crippen LogP contribution is -2.45. The summed E-state index contributed by atoms with van der Waals surface area (Å²) < 4.78 is 5.05. The Morgan fingerprint density at radius 1 is 1.43 bits per heavy atom. The molecule has 0 aliphatic carbocycles. The summed E-state index contributed by atoms with van der Waals surface area (Å²) in [5.41, 5.74) is 1.81. The molecule has 118 valence electrons. The van der Waals surface area contributed by atoms with E-state index in [0.29, 0.717) is 12.2 Å². The van der Waals surface area contributed by atoms with Crippen molar-refractivity contribution in [3.05, 3.63) is 17.0 Å². The number of hydrogen-bond acceptors (Lipinski definition) is 5. The van der Waals surface area contributed by atoms with Crippen molar-refractivity contribution in [3.63, 3.8) is 0 Å². The van der Waals surface area contributed by atoms with Gasteiger partial charge < -0.3 is 14.9 Å². The van der Waals surface area contributed by atoms with E-state index in [9.17, 15) is 9.59 Å². The fourth-order valence-corrected chi connectivity index (χ4v) is 2.84. The average Bonchev–Trinajstić information content (AvgIpc) is 2.75. The van der Waals surface area contributed by atoms with Crippen LogP contribution in [0.1, 0.15) is 37.3 Å². The van der Waals surface area contributed by atoms with Crippen LogP contribution in [0.25, 0.3) is 0 Å². The van der Waals surface area contributed by atoms with Crippen LogP contribution in [0.4, 0.5) is 0 Å². The molecular weight excluding hydrogens is 292 g/mol. The molecule has 1 aromatic heterocycles. The molecule has 21 heavy (non-hydrogen) atoms. The van der Waals surface area contributed by atoms with Gasteiger partial charge in [-0.2, -0.15) is 0 Å². The molecule has 2 atom stereocenters. The molecular formula is C14H22N2O4S. The second-order valence-corrected chi connectivity index (χ2v) is 6.05. The van der Waals surface area contributed by atoms with Crippen LogP contribution in [-0.4, -0.2) is 33.9 Å². The van der Waals surface area contributed by atoms with Gasteiger partial charge in [0.2, 0.25) is 5.91 Å². The van der Waals surface area contributed by atoms with Crippen LogP contribution in [-0.2, 0) is 15.3 Å². The maximum atomic E-state index is 11.8. The number of rotatable bonds is 8. The van der Waals surface area contributed by atoms with Gasteiger partial charge in [-0.25, -0.2) is 4.79 Å². The summed E-state index contributed by atoms with van der Waals surface area (Å²) in [6.07, 6.45) is 0.698. The van der Waals surface area contributed by atoms with Gasteiger partial charge in [-0.1, -0.05) is 25.4 Å². The first-order chi connectivity index (χ1) is 9.86. The van der Waals surface area contributed by atoms with Gasteiger partial charge in [0.05, 0.1) is 11.4 Å². The third-order valence-corrected chi connectivity index (χ3v) is 4.42. The van der Waals surface area contributed by atoms with Crippen molar-refractivity contribution in [2.45, 2.75) is 45.9 Å². The Balaban J connectivity index is 2.45. The molecule has 1 unspecified atom stereocenters. The second kappa shape index (κ2) is 8.07. The lowest BCUT2D eigenvalue weighted by atomic mass is 9.99. The number of aromatic nitrogens is 1. The number of nitrogens with one attached hydrogen (secondary N) is 1. The predicted octanol–water partition coefficient (Wildman–Crippen LogP) is 2.14. The van der Waals surface area contributed by atoms with Gasteiger partial charge in [0.1, 0.15) is 11.8 Å². The van der Waals surface area contributed by atoms with Gasteiger partial charge >= 0.3 is 5.97 Å². The van der Waals surface area contributed by atoms with Crippen molar-refractivity contribution in [2.75, 3.05) is 5.75 Å². The van der Waals surface area contributed by atoms with E-state index >= 15 is 0 Å². The Labute approximate surface area is 128 Å². The van der Waals surface area contributed by atoms with Crippen LogP contribution >= 0.6 is 11.8 Å². The molecule has 1 amide bonds. The third kappa shape index (κ3) is 5.08. The molecule has 1 rings (SSSR count). The number of amides is 1. The number of hydrogen-bond donors (Lipinski definition) is 2. The summed E-state index contributed by atoms with van der Waals surface area (Å²) in [4.78, 5) is 23.0. The highest BCUT2D eigenvalue weighted by Gasteiger charge is 2.25. The number of nitrogens with zero attached hydrogens (tertiary/aromatic N) is 1. The molecule has 0 bridgehead atoms. The largest absolute Gasteiger partial charge is 0.480 e. The number of aliphatic carboxylic acids is 1. The number of carboxylic acids is 1. The Hall–Kier alpha value is -1.50. The van der Waals surface area contributed by atoms with E-state index < -0.39 is 12.0 Å². The fraction of sp³-hybridized carbons (Fsp3) is 0.643. The quantitative estimate of drug-likeness (QED) is 0.763. The standard InChI is InChI=1S/C14H22N2O4S/c1-5-8(2)13(14(18)19)15-12(17)7-21-6-11-9(3)16-20-10(11)4/h8,13H,5-7H2,1-4H3,(H,15,17)(H,18,19)/t8?,13-/m0/s1. The molecule has 0 aliphatic heterocycles. The Kier molecular flexibility index (Phi) is 6.74. The number of thioether (sulfide) groups is 1. The summed E-state index contributed by atoms with van der Waals surface area (Å²) in [5.74, 6) is 0.232. The van der Waals surface area contributed by atoms with Gasteiger partial charge in [0.15, 0.2) is 0 Å². The first-order valence-corrected chi connectivity index (χ1v) is 8.03. The zero-order chi connectivity index (χ0) is 16.0. The van der Waals surface area contributed by atoms with Gasteiger partial charge in [0.25, 0.3) is 0 Å². The van der Waals surface area contributed by atoms with Gasteiger partial charge in [-0.3, -0.25) is 4.79 Å². The molecule has 2 N–H and O–H groups in total. The van der Waals surface area contributed by atoms with E-state index in [0.717, 1.165) is 17.0 Å². The molecule has 0 aliphatic rings. The zero-order valence-corrected chi connectivity index (χ0v) is 13.6. The minimum absolute atomic E-state index is 0.0981. The van der Waals surface area contributed by atoms with Crippen LogP contribution < -0.4 is 5.32 Å². The summed E-state index contributed by atoms with van der Waals surface area (Å²) in [7, 11) is 0. The third-order valence-electron chi connectivity index (χ3n) is 3.46. The lowest BCUT2D eigenvalue weighted by Gasteiger charge is -2.19. The van der Waals surface area contributed by atoms with E-state index in [4.69, 9.17) is 9.63 Å². The monoisotopic (exact) mass is 314 g/mol. The Bertz CT molecular complexity index is 482. The smallest absolute Gasteiger partial charge is 0.326 e. The second-order valence-electron chi connectivity index (χ2n) is 5.06. The zero-order valence-electron chi connectivity index (χ0n) is 12.8. The SMILES string of the molecule is CCC(C)[C@H](NC(=O)CSCc1c(C)noc1C)C(=O)O. The van der Waals surface area contributed by atoms with Crippen LogP contribution in [0, 0.1) is 19.8 Å². The number of aryl methyl sites for hydroxylation is 2. The summed E-state index contributed by atoms with van der Waals surface area (Å²) in [5, 5.41) is 15.6. The maximum Gasteiger partial charge on any atom is 0.326 e. The molecule has 0 saturated heterocycles. The Morgan fingerprint density at radius 3 is 2.57 bits per heavy atom. The number of carbonyl (C=O) groups excluding carboxylic acids is 1. The van der Waals surface area contributed by atoms with Crippen LogP contribution in [0.2, 0.25) is 0 Å². The van der Waals surface area contributed by atoms with Crippen molar-refractivity contribution in [2.24, 2.45) is 5.92 Å². The molecule has 0 radical (unpaired) electrons. The topological polar surface area (TPSA) is 92.4 Å². The van der Waals surface area contributed by atoms with Gasteiger partial charge in [-0.15, -0.1) is 11.8 Å². The van der Waals surface area contributed by atoms with E-state index in [1.807, 2.05) is 27.7 Å². The van der Waals surface area contributed by atoms with Crippen LogP contribution in [0.3, 0.4) is 0 Å². The highest BCUT2D eigenvalue weighted by atomic mass is 32.2. The number of carbonyl (C=O) groups is 2.